The second-order valence-corrected chi connectivity index (χ2v) is 8.80. The molecule has 0 atom stereocenters. The van der Waals surface area contributed by atoms with Gasteiger partial charge in [0.2, 0.25) is 10.0 Å². The van der Waals surface area contributed by atoms with Crippen LogP contribution in [0.5, 0.6) is 0 Å². The van der Waals surface area contributed by atoms with Crippen LogP contribution >= 0.6 is 0 Å². The molecule has 2 N–H and O–H groups in total. The van der Waals surface area contributed by atoms with Crippen LogP contribution < -0.4 is 4.72 Å². The summed E-state index contributed by atoms with van der Waals surface area (Å²) in [5, 5.41) is 10.5. The Hall–Kier alpha value is -0.910. The molecule has 1 fully saturated rings. The van der Waals surface area contributed by atoms with Gasteiger partial charge in [0.15, 0.2) is 0 Å². The van der Waals surface area contributed by atoms with Crippen molar-refractivity contribution >= 4 is 10.0 Å². The van der Waals surface area contributed by atoms with E-state index in [1.165, 1.54) is 0 Å². The molecular weight excluding hydrogens is 286 g/mol. The first kappa shape index (κ1) is 16.5. The van der Waals surface area contributed by atoms with Crippen molar-refractivity contribution in [3.63, 3.8) is 0 Å². The molecule has 5 heteroatoms. The largest absolute Gasteiger partial charge is 0.389 e. The van der Waals surface area contributed by atoms with Gasteiger partial charge in [0, 0.05) is 6.54 Å². The van der Waals surface area contributed by atoms with Gasteiger partial charge in [0.05, 0.1) is 10.5 Å². The van der Waals surface area contributed by atoms with Crippen LogP contribution in [0.3, 0.4) is 0 Å². The van der Waals surface area contributed by atoms with Gasteiger partial charge in [-0.05, 0) is 55.7 Å². The van der Waals surface area contributed by atoms with Crippen molar-refractivity contribution in [3.05, 3.63) is 29.8 Å². The lowest BCUT2D eigenvalue weighted by atomic mass is 9.71. The minimum Gasteiger partial charge on any atom is -0.389 e. The van der Waals surface area contributed by atoms with Crippen LogP contribution in [0.25, 0.3) is 0 Å². The summed E-state index contributed by atoms with van der Waals surface area (Å²) in [5.41, 5.74) is 0.213. The SMILES string of the molecule is Cc1cccc(S(=O)(=O)NCC2(O)CCC(C)(C)CC2)c1. The number of hydrogen-bond donors (Lipinski definition) is 2. The second kappa shape index (κ2) is 5.71. The highest BCUT2D eigenvalue weighted by atomic mass is 32.2. The van der Waals surface area contributed by atoms with E-state index >= 15 is 0 Å². The number of hydrogen-bond acceptors (Lipinski definition) is 3. The Bertz CT molecular complexity index is 598. The molecular formula is C16H25NO3S. The first-order valence-electron chi connectivity index (χ1n) is 7.41. The number of aliphatic hydroxyl groups is 1. The summed E-state index contributed by atoms with van der Waals surface area (Å²) in [4.78, 5) is 0.252. The average Bonchev–Trinajstić information content (AvgIpc) is 2.41. The van der Waals surface area contributed by atoms with Gasteiger partial charge in [-0.2, -0.15) is 0 Å². The molecule has 0 saturated heterocycles. The maximum Gasteiger partial charge on any atom is 0.240 e. The molecule has 0 spiro atoms. The normalized spacial score (nSPS) is 21.1. The third-order valence-electron chi connectivity index (χ3n) is 4.43. The molecule has 0 amide bonds. The molecule has 21 heavy (non-hydrogen) atoms. The number of benzene rings is 1. The minimum absolute atomic E-state index is 0.0827. The van der Waals surface area contributed by atoms with E-state index in [9.17, 15) is 13.5 Å². The summed E-state index contributed by atoms with van der Waals surface area (Å²) in [6.07, 6.45) is 3.10. The smallest absolute Gasteiger partial charge is 0.240 e. The van der Waals surface area contributed by atoms with E-state index < -0.39 is 15.6 Å². The van der Waals surface area contributed by atoms with Crippen molar-refractivity contribution in [1.29, 1.82) is 0 Å². The van der Waals surface area contributed by atoms with E-state index in [2.05, 4.69) is 18.6 Å². The van der Waals surface area contributed by atoms with Crippen LogP contribution in [0.1, 0.15) is 45.1 Å². The molecule has 1 saturated carbocycles. The Morgan fingerprint density at radius 3 is 2.38 bits per heavy atom. The van der Waals surface area contributed by atoms with Gasteiger partial charge in [0.1, 0.15) is 0 Å². The average molecular weight is 311 g/mol. The van der Waals surface area contributed by atoms with E-state index in [1.54, 1.807) is 18.2 Å². The van der Waals surface area contributed by atoms with Crippen molar-refractivity contribution < 1.29 is 13.5 Å². The molecule has 0 bridgehead atoms. The maximum absolute atomic E-state index is 12.3. The van der Waals surface area contributed by atoms with Crippen LogP contribution in [0, 0.1) is 12.3 Å². The zero-order valence-electron chi connectivity index (χ0n) is 13.0. The van der Waals surface area contributed by atoms with Crippen molar-refractivity contribution in [2.45, 2.75) is 57.0 Å². The molecule has 1 aliphatic carbocycles. The van der Waals surface area contributed by atoms with Gasteiger partial charge in [0.25, 0.3) is 0 Å². The van der Waals surface area contributed by atoms with Crippen LogP contribution in [-0.4, -0.2) is 25.7 Å². The molecule has 2 rings (SSSR count). The summed E-state index contributed by atoms with van der Waals surface area (Å²) in [7, 11) is -3.56. The Kier molecular flexibility index (Phi) is 4.47. The molecule has 1 aliphatic rings. The standard InChI is InChI=1S/C16H25NO3S/c1-13-5-4-6-14(11-13)21(19,20)17-12-16(18)9-7-15(2,3)8-10-16/h4-6,11,17-18H,7-10,12H2,1-3H3. The van der Waals surface area contributed by atoms with Crippen LogP contribution in [0.2, 0.25) is 0 Å². The lowest BCUT2D eigenvalue weighted by Gasteiger charge is -2.40. The Morgan fingerprint density at radius 1 is 1.19 bits per heavy atom. The van der Waals surface area contributed by atoms with Gasteiger partial charge in [-0.15, -0.1) is 0 Å². The molecule has 118 valence electrons. The monoisotopic (exact) mass is 311 g/mol. The zero-order chi connectivity index (χ0) is 15.7. The quantitative estimate of drug-likeness (QED) is 0.898. The predicted molar refractivity (Wildman–Crippen MR) is 83.6 cm³/mol. The molecule has 1 aromatic carbocycles. The number of nitrogens with one attached hydrogen (secondary N) is 1. The lowest BCUT2D eigenvalue weighted by Crippen LogP contribution is -2.46. The number of rotatable bonds is 4. The Balaban J connectivity index is 2.02. The molecule has 0 aliphatic heterocycles. The van der Waals surface area contributed by atoms with Gasteiger partial charge < -0.3 is 5.11 Å². The molecule has 0 heterocycles. The van der Waals surface area contributed by atoms with E-state index in [1.807, 2.05) is 13.0 Å². The maximum atomic E-state index is 12.3. The fourth-order valence-electron chi connectivity index (χ4n) is 2.66. The minimum atomic E-state index is -3.56. The topological polar surface area (TPSA) is 66.4 Å². The molecule has 0 unspecified atom stereocenters. The first-order chi connectivity index (χ1) is 9.62. The van der Waals surface area contributed by atoms with Crippen molar-refractivity contribution in [2.75, 3.05) is 6.54 Å². The van der Waals surface area contributed by atoms with E-state index in [4.69, 9.17) is 0 Å². The summed E-state index contributed by atoms with van der Waals surface area (Å²) in [6.45, 7) is 6.31. The summed E-state index contributed by atoms with van der Waals surface area (Å²) in [5.74, 6) is 0. The van der Waals surface area contributed by atoms with Crippen LogP contribution in [-0.2, 0) is 10.0 Å². The van der Waals surface area contributed by atoms with Crippen molar-refractivity contribution in [2.24, 2.45) is 5.41 Å². The third-order valence-corrected chi connectivity index (χ3v) is 5.82. The Morgan fingerprint density at radius 2 is 1.81 bits per heavy atom. The summed E-state index contributed by atoms with van der Waals surface area (Å²) >= 11 is 0. The predicted octanol–water partition coefficient (Wildman–Crippen LogP) is 2.60. The van der Waals surface area contributed by atoms with Crippen molar-refractivity contribution in [1.82, 2.24) is 4.72 Å². The lowest BCUT2D eigenvalue weighted by molar-refractivity contribution is -0.0205. The van der Waals surface area contributed by atoms with Crippen molar-refractivity contribution in [3.8, 4) is 0 Å². The summed E-state index contributed by atoms with van der Waals surface area (Å²) in [6, 6.07) is 6.79. The van der Waals surface area contributed by atoms with Gasteiger partial charge in [-0.1, -0.05) is 26.0 Å². The number of aryl methyl sites for hydroxylation is 1. The fraction of sp³-hybridized carbons (Fsp3) is 0.625. The van der Waals surface area contributed by atoms with E-state index in [-0.39, 0.29) is 16.9 Å². The highest BCUT2D eigenvalue weighted by molar-refractivity contribution is 7.89. The highest BCUT2D eigenvalue weighted by Gasteiger charge is 2.37. The zero-order valence-corrected chi connectivity index (χ0v) is 13.8. The first-order valence-corrected chi connectivity index (χ1v) is 8.89. The second-order valence-electron chi connectivity index (χ2n) is 7.03. The van der Waals surface area contributed by atoms with E-state index in [0.29, 0.717) is 12.8 Å². The molecule has 4 nitrogen and oxygen atoms in total. The highest BCUT2D eigenvalue weighted by Crippen LogP contribution is 2.39. The summed E-state index contributed by atoms with van der Waals surface area (Å²) < 4.78 is 27.1. The Labute approximate surface area is 127 Å². The van der Waals surface area contributed by atoms with Gasteiger partial charge in [-0.25, -0.2) is 13.1 Å². The van der Waals surface area contributed by atoms with Gasteiger partial charge >= 0.3 is 0 Å². The third kappa shape index (κ3) is 4.28. The van der Waals surface area contributed by atoms with Gasteiger partial charge in [-0.3, -0.25) is 0 Å². The molecule has 1 aromatic rings. The number of sulfonamides is 1. The van der Waals surface area contributed by atoms with Crippen LogP contribution in [0.15, 0.2) is 29.2 Å². The van der Waals surface area contributed by atoms with E-state index in [0.717, 1.165) is 18.4 Å². The molecule has 0 radical (unpaired) electrons. The van der Waals surface area contributed by atoms with Crippen LogP contribution in [0.4, 0.5) is 0 Å². The fourth-order valence-corrected chi connectivity index (χ4v) is 3.89. The molecule has 0 aromatic heterocycles.